The Kier molecular flexibility index (Phi) is 2.65. The molecule has 1 atom stereocenters. The summed E-state index contributed by atoms with van der Waals surface area (Å²) in [6.07, 6.45) is 4.92. The molecule has 1 aliphatic heterocycles. The van der Waals surface area contributed by atoms with E-state index < -0.39 is 0 Å². The predicted molar refractivity (Wildman–Crippen MR) is 66.7 cm³/mol. The maximum absolute atomic E-state index is 4.56. The Morgan fingerprint density at radius 2 is 2.29 bits per heavy atom. The number of hydrogen-bond donors (Lipinski definition) is 1. The van der Waals surface area contributed by atoms with Crippen LogP contribution >= 0.6 is 0 Å². The van der Waals surface area contributed by atoms with Gasteiger partial charge in [0.1, 0.15) is 5.82 Å². The fourth-order valence-electron chi connectivity index (χ4n) is 2.43. The molecule has 0 spiro atoms. The molecule has 0 aliphatic carbocycles. The maximum Gasteiger partial charge on any atom is 0.113 e. The summed E-state index contributed by atoms with van der Waals surface area (Å²) in [6, 6.07) is 5.96. The van der Waals surface area contributed by atoms with E-state index in [9.17, 15) is 0 Å². The van der Waals surface area contributed by atoms with Crippen LogP contribution in [0, 0.1) is 0 Å². The van der Waals surface area contributed by atoms with Crippen molar-refractivity contribution in [3.05, 3.63) is 36.4 Å². The van der Waals surface area contributed by atoms with Crippen LogP contribution in [0.3, 0.4) is 0 Å². The molecule has 17 heavy (non-hydrogen) atoms. The van der Waals surface area contributed by atoms with E-state index in [0.29, 0.717) is 5.92 Å². The van der Waals surface area contributed by atoms with E-state index in [2.05, 4.69) is 26.9 Å². The first-order valence-electron chi connectivity index (χ1n) is 6.00. The molecule has 1 N–H and O–H groups in total. The van der Waals surface area contributed by atoms with Gasteiger partial charge in [-0.05, 0) is 25.1 Å². The van der Waals surface area contributed by atoms with Crippen molar-refractivity contribution in [3.63, 3.8) is 0 Å². The molecule has 0 bridgehead atoms. The molecular formula is C13H16N4. The molecular weight excluding hydrogens is 212 g/mol. The van der Waals surface area contributed by atoms with Crippen molar-refractivity contribution in [3.8, 4) is 11.4 Å². The first-order valence-corrected chi connectivity index (χ1v) is 6.00. The number of rotatable bonds is 2. The van der Waals surface area contributed by atoms with Gasteiger partial charge in [-0.25, -0.2) is 4.98 Å². The largest absolute Gasteiger partial charge is 0.330 e. The topological polar surface area (TPSA) is 42.7 Å². The van der Waals surface area contributed by atoms with Gasteiger partial charge >= 0.3 is 0 Å². The van der Waals surface area contributed by atoms with E-state index in [-0.39, 0.29) is 0 Å². The van der Waals surface area contributed by atoms with Gasteiger partial charge in [0.05, 0.1) is 17.6 Å². The second kappa shape index (κ2) is 4.30. The predicted octanol–water partition coefficient (Wildman–Crippen LogP) is 1.56. The highest BCUT2D eigenvalue weighted by Crippen LogP contribution is 2.25. The number of imidazole rings is 1. The molecule has 0 amide bonds. The summed E-state index contributed by atoms with van der Waals surface area (Å²) in [5.74, 6) is 1.70. The van der Waals surface area contributed by atoms with E-state index in [1.165, 1.54) is 6.42 Å². The maximum atomic E-state index is 4.56. The number of hydrogen-bond acceptors (Lipinski definition) is 3. The van der Waals surface area contributed by atoms with E-state index >= 15 is 0 Å². The molecule has 1 fully saturated rings. The summed E-state index contributed by atoms with van der Waals surface area (Å²) in [7, 11) is 2.07. The number of pyridine rings is 1. The Morgan fingerprint density at radius 1 is 1.35 bits per heavy atom. The van der Waals surface area contributed by atoms with Crippen LogP contribution < -0.4 is 5.32 Å². The van der Waals surface area contributed by atoms with Crippen LogP contribution in [0.2, 0.25) is 0 Å². The van der Waals surface area contributed by atoms with Crippen molar-refractivity contribution in [2.75, 3.05) is 13.1 Å². The van der Waals surface area contributed by atoms with Crippen molar-refractivity contribution < 1.29 is 0 Å². The summed E-state index contributed by atoms with van der Waals surface area (Å²) >= 11 is 0. The molecule has 1 unspecified atom stereocenters. The lowest BCUT2D eigenvalue weighted by Crippen LogP contribution is -2.11. The van der Waals surface area contributed by atoms with Gasteiger partial charge in [0.25, 0.3) is 0 Å². The average Bonchev–Trinajstić information content (AvgIpc) is 2.99. The van der Waals surface area contributed by atoms with Gasteiger partial charge in [-0.2, -0.15) is 0 Å². The van der Waals surface area contributed by atoms with E-state index in [4.69, 9.17) is 0 Å². The summed E-state index contributed by atoms with van der Waals surface area (Å²) in [6.45, 7) is 2.13. The quantitative estimate of drug-likeness (QED) is 0.848. The third-order valence-corrected chi connectivity index (χ3v) is 3.38. The zero-order valence-electron chi connectivity index (χ0n) is 9.93. The van der Waals surface area contributed by atoms with Gasteiger partial charge in [0, 0.05) is 25.7 Å². The molecule has 0 aromatic carbocycles. The van der Waals surface area contributed by atoms with Crippen LogP contribution in [0.5, 0.6) is 0 Å². The van der Waals surface area contributed by atoms with Crippen LogP contribution in [0.25, 0.3) is 11.4 Å². The first-order chi connectivity index (χ1) is 8.36. The SMILES string of the molecule is Cn1c(-c2ccccn2)cnc1C1CCNC1. The summed E-state index contributed by atoms with van der Waals surface area (Å²) < 4.78 is 2.17. The second-order valence-corrected chi connectivity index (χ2v) is 4.47. The highest BCUT2D eigenvalue weighted by molar-refractivity contribution is 5.53. The molecule has 1 saturated heterocycles. The Balaban J connectivity index is 1.97. The lowest BCUT2D eigenvalue weighted by atomic mass is 10.1. The molecule has 0 saturated carbocycles. The lowest BCUT2D eigenvalue weighted by molar-refractivity contribution is 0.661. The van der Waals surface area contributed by atoms with E-state index in [1.807, 2.05) is 30.6 Å². The van der Waals surface area contributed by atoms with Gasteiger partial charge in [-0.15, -0.1) is 0 Å². The molecule has 2 aromatic heterocycles. The Morgan fingerprint density at radius 3 is 3.00 bits per heavy atom. The van der Waals surface area contributed by atoms with Gasteiger partial charge in [-0.3, -0.25) is 4.98 Å². The number of nitrogens with one attached hydrogen (secondary N) is 1. The molecule has 2 aromatic rings. The zero-order valence-corrected chi connectivity index (χ0v) is 9.93. The molecule has 4 nitrogen and oxygen atoms in total. The minimum absolute atomic E-state index is 0.539. The van der Waals surface area contributed by atoms with Gasteiger partial charge in [0.15, 0.2) is 0 Å². The third-order valence-electron chi connectivity index (χ3n) is 3.38. The molecule has 88 valence electrons. The van der Waals surface area contributed by atoms with Crippen LogP contribution in [0.15, 0.2) is 30.6 Å². The van der Waals surface area contributed by atoms with Crippen molar-refractivity contribution in [2.24, 2.45) is 7.05 Å². The fraction of sp³-hybridized carbons (Fsp3) is 0.385. The van der Waals surface area contributed by atoms with Crippen molar-refractivity contribution in [1.29, 1.82) is 0 Å². The standard InChI is InChI=1S/C13H16N4/c1-17-12(11-4-2-3-6-15-11)9-16-13(17)10-5-7-14-8-10/h2-4,6,9-10,14H,5,7-8H2,1H3. The molecule has 1 aliphatic rings. The third kappa shape index (κ3) is 1.85. The van der Waals surface area contributed by atoms with Crippen molar-refractivity contribution in [1.82, 2.24) is 19.9 Å². The molecule has 3 heterocycles. The summed E-state index contributed by atoms with van der Waals surface area (Å²) in [4.78, 5) is 8.93. The first kappa shape index (κ1) is 10.5. The van der Waals surface area contributed by atoms with Crippen LogP contribution in [0.1, 0.15) is 18.2 Å². The normalized spacial score (nSPS) is 19.7. The monoisotopic (exact) mass is 228 g/mol. The zero-order chi connectivity index (χ0) is 11.7. The lowest BCUT2D eigenvalue weighted by Gasteiger charge is -2.10. The van der Waals surface area contributed by atoms with E-state index in [0.717, 1.165) is 30.3 Å². The Hall–Kier alpha value is -1.68. The Labute approximate surface area is 101 Å². The summed E-state index contributed by atoms with van der Waals surface area (Å²) in [5.41, 5.74) is 2.08. The fourth-order valence-corrected chi connectivity index (χ4v) is 2.43. The summed E-state index contributed by atoms with van der Waals surface area (Å²) in [5, 5.41) is 3.38. The highest BCUT2D eigenvalue weighted by atomic mass is 15.1. The molecule has 0 radical (unpaired) electrons. The average molecular weight is 228 g/mol. The van der Waals surface area contributed by atoms with Crippen LogP contribution in [-0.4, -0.2) is 27.6 Å². The van der Waals surface area contributed by atoms with Crippen LogP contribution in [0.4, 0.5) is 0 Å². The van der Waals surface area contributed by atoms with Gasteiger partial charge in [0.2, 0.25) is 0 Å². The number of aromatic nitrogens is 3. The Bertz CT molecular complexity index is 497. The highest BCUT2D eigenvalue weighted by Gasteiger charge is 2.22. The van der Waals surface area contributed by atoms with Crippen molar-refractivity contribution >= 4 is 0 Å². The molecule has 3 rings (SSSR count). The van der Waals surface area contributed by atoms with Gasteiger partial charge in [-0.1, -0.05) is 6.07 Å². The second-order valence-electron chi connectivity index (χ2n) is 4.47. The van der Waals surface area contributed by atoms with Crippen molar-refractivity contribution in [2.45, 2.75) is 12.3 Å². The minimum Gasteiger partial charge on any atom is -0.330 e. The van der Waals surface area contributed by atoms with Crippen LogP contribution in [-0.2, 0) is 7.05 Å². The van der Waals surface area contributed by atoms with E-state index in [1.54, 1.807) is 0 Å². The molecule has 4 heteroatoms. The smallest absolute Gasteiger partial charge is 0.113 e. The number of nitrogens with zero attached hydrogens (tertiary/aromatic N) is 3. The minimum atomic E-state index is 0.539. The van der Waals surface area contributed by atoms with Gasteiger partial charge < -0.3 is 9.88 Å².